The van der Waals surface area contributed by atoms with E-state index in [1.165, 1.54) is 0 Å². The van der Waals surface area contributed by atoms with Crippen LogP contribution in [0, 0.1) is 0 Å². The Morgan fingerprint density at radius 1 is 1.05 bits per heavy atom. The van der Waals surface area contributed by atoms with Crippen LogP contribution in [0.5, 0.6) is 11.5 Å². The highest BCUT2D eigenvalue weighted by Gasteiger charge is 2.09. The van der Waals surface area contributed by atoms with Gasteiger partial charge in [-0.3, -0.25) is 0 Å². The highest BCUT2D eigenvalue weighted by molar-refractivity contribution is 6.34. The summed E-state index contributed by atoms with van der Waals surface area (Å²) in [6.45, 7) is 2.05. The van der Waals surface area contributed by atoms with Gasteiger partial charge in [-0.05, 0) is 42.7 Å². The quantitative estimate of drug-likeness (QED) is 0.753. The van der Waals surface area contributed by atoms with Crippen molar-refractivity contribution in [3.8, 4) is 11.5 Å². The smallest absolute Gasteiger partial charge is 0.147 e. The summed E-state index contributed by atoms with van der Waals surface area (Å²) in [5.74, 6) is 1.11. The molecule has 2 nitrogen and oxygen atoms in total. The monoisotopic (exact) mass is 343 g/mol. The van der Waals surface area contributed by atoms with E-state index in [1.807, 2.05) is 12.1 Å². The first-order chi connectivity index (χ1) is 9.99. The molecule has 0 spiro atoms. The summed E-state index contributed by atoms with van der Waals surface area (Å²) in [7, 11) is 0. The second-order valence-corrected chi connectivity index (χ2v) is 6.05. The molecule has 0 saturated heterocycles. The van der Waals surface area contributed by atoms with Gasteiger partial charge in [0.1, 0.15) is 11.5 Å². The van der Waals surface area contributed by atoms with Crippen molar-refractivity contribution in [2.24, 2.45) is 5.73 Å². The number of rotatable bonds is 5. The molecule has 0 aliphatic carbocycles. The lowest BCUT2D eigenvalue weighted by molar-refractivity contribution is 0.482. The molecular formula is C16H16Cl3NO. The zero-order chi connectivity index (χ0) is 15.4. The number of halogens is 3. The molecule has 2 N–H and O–H groups in total. The van der Waals surface area contributed by atoms with Gasteiger partial charge in [0.2, 0.25) is 0 Å². The first-order valence-electron chi connectivity index (χ1n) is 6.66. The maximum atomic E-state index is 6.27. The predicted molar refractivity (Wildman–Crippen MR) is 90.0 cm³/mol. The first kappa shape index (κ1) is 16.4. The zero-order valence-electron chi connectivity index (χ0n) is 11.6. The minimum atomic E-state index is 0.108. The molecule has 0 radical (unpaired) electrons. The second kappa shape index (κ2) is 7.37. The molecule has 0 aliphatic rings. The van der Waals surface area contributed by atoms with E-state index in [0.717, 1.165) is 18.4 Å². The third-order valence-electron chi connectivity index (χ3n) is 3.15. The number of ether oxygens (including phenoxy) is 1. The maximum absolute atomic E-state index is 6.27. The lowest BCUT2D eigenvalue weighted by Gasteiger charge is -2.12. The fraction of sp³-hybridized carbons (Fsp3) is 0.250. The summed E-state index contributed by atoms with van der Waals surface area (Å²) in [6.07, 6.45) is 1.65. The third-order valence-corrected chi connectivity index (χ3v) is 4.05. The summed E-state index contributed by atoms with van der Waals surface area (Å²) in [5, 5.41) is 1.69. The van der Waals surface area contributed by atoms with Crippen LogP contribution in [0.25, 0.3) is 0 Å². The fourth-order valence-corrected chi connectivity index (χ4v) is 2.43. The van der Waals surface area contributed by atoms with Crippen LogP contribution in [-0.4, -0.2) is 6.04 Å². The summed E-state index contributed by atoms with van der Waals surface area (Å²) < 4.78 is 5.73. The van der Waals surface area contributed by atoms with Crippen LogP contribution in [0.4, 0.5) is 0 Å². The normalized spacial score (nSPS) is 12.2. The standard InChI is InChI=1S/C16H16Cl3NO/c1-2-12(20)7-10-3-5-13(9-15(10)19)21-16-8-11(17)4-6-14(16)18/h3-6,8-9,12H,2,7,20H2,1H3. The number of nitrogens with two attached hydrogens (primary N) is 1. The molecule has 0 amide bonds. The van der Waals surface area contributed by atoms with Crippen LogP contribution < -0.4 is 10.5 Å². The molecule has 0 saturated carbocycles. The van der Waals surface area contributed by atoms with Crippen molar-refractivity contribution < 1.29 is 4.74 Å². The Balaban J connectivity index is 2.18. The molecule has 0 fully saturated rings. The van der Waals surface area contributed by atoms with E-state index in [4.69, 9.17) is 45.3 Å². The van der Waals surface area contributed by atoms with Gasteiger partial charge in [0.25, 0.3) is 0 Å². The topological polar surface area (TPSA) is 35.2 Å². The van der Waals surface area contributed by atoms with E-state index < -0.39 is 0 Å². The van der Waals surface area contributed by atoms with Gasteiger partial charge >= 0.3 is 0 Å². The van der Waals surface area contributed by atoms with Crippen LogP contribution in [0.3, 0.4) is 0 Å². The molecule has 0 aliphatic heterocycles. The Bertz CT molecular complexity index is 631. The van der Waals surface area contributed by atoms with Crippen LogP contribution in [0.15, 0.2) is 36.4 Å². The van der Waals surface area contributed by atoms with E-state index >= 15 is 0 Å². The Kier molecular flexibility index (Phi) is 5.77. The summed E-state index contributed by atoms with van der Waals surface area (Å²) in [5.41, 5.74) is 6.96. The Hall–Kier alpha value is -0.930. The molecule has 2 aromatic carbocycles. The fourth-order valence-electron chi connectivity index (χ4n) is 1.87. The van der Waals surface area contributed by atoms with Crippen molar-refractivity contribution in [2.45, 2.75) is 25.8 Å². The van der Waals surface area contributed by atoms with Crippen LogP contribution >= 0.6 is 34.8 Å². The van der Waals surface area contributed by atoms with Crippen LogP contribution in [-0.2, 0) is 6.42 Å². The second-order valence-electron chi connectivity index (χ2n) is 4.80. The Morgan fingerprint density at radius 2 is 1.81 bits per heavy atom. The number of hydrogen-bond acceptors (Lipinski definition) is 2. The van der Waals surface area contributed by atoms with E-state index in [0.29, 0.717) is 26.6 Å². The Morgan fingerprint density at radius 3 is 2.48 bits per heavy atom. The molecule has 0 aromatic heterocycles. The van der Waals surface area contributed by atoms with Gasteiger partial charge in [-0.15, -0.1) is 0 Å². The summed E-state index contributed by atoms with van der Waals surface area (Å²) >= 11 is 18.3. The zero-order valence-corrected chi connectivity index (χ0v) is 13.8. The van der Waals surface area contributed by atoms with Crippen molar-refractivity contribution in [1.82, 2.24) is 0 Å². The van der Waals surface area contributed by atoms with Gasteiger partial charge in [-0.25, -0.2) is 0 Å². The number of benzene rings is 2. The Labute approximate surface area is 139 Å². The molecule has 112 valence electrons. The van der Waals surface area contributed by atoms with E-state index in [2.05, 4.69) is 6.92 Å². The minimum absolute atomic E-state index is 0.108. The van der Waals surface area contributed by atoms with Crippen molar-refractivity contribution >= 4 is 34.8 Å². The van der Waals surface area contributed by atoms with Gasteiger partial charge in [-0.2, -0.15) is 0 Å². The highest BCUT2D eigenvalue weighted by atomic mass is 35.5. The minimum Gasteiger partial charge on any atom is -0.456 e. The van der Waals surface area contributed by atoms with Crippen molar-refractivity contribution in [2.75, 3.05) is 0 Å². The van der Waals surface area contributed by atoms with Crippen molar-refractivity contribution in [3.63, 3.8) is 0 Å². The average molecular weight is 345 g/mol. The van der Waals surface area contributed by atoms with Gasteiger partial charge in [0.15, 0.2) is 0 Å². The first-order valence-corrected chi connectivity index (χ1v) is 7.80. The molecule has 2 rings (SSSR count). The van der Waals surface area contributed by atoms with Gasteiger partial charge in [0.05, 0.1) is 5.02 Å². The lowest BCUT2D eigenvalue weighted by atomic mass is 10.0. The summed E-state index contributed by atoms with van der Waals surface area (Å²) in [4.78, 5) is 0. The van der Waals surface area contributed by atoms with Crippen molar-refractivity contribution in [3.05, 3.63) is 57.0 Å². The SMILES string of the molecule is CCC(N)Cc1ccc(Oc2cc(Cl)ccc2Cl)cc1Cl. The third kappa shape index (κ3) is 4.52. The average Bonchev–Trinajstić information content (AvgIpc) is 2.45. The molecule has 21 heavy (non-hydrogen) atoms. The number of hydrogen-bond donors (Lipinski definition) is 1. The molecule has 1 unspecified atom stereocenters. The van der Waals surface area contributed by atoms with E-state index in [-0.39, 0.29) is 6.04 Å². The lowest BCUT2D eigenvalue weighted by Crippen LogP contribution is -2.21. The van der Waals surface area contributed by atoms with Gasteiger partial charge in [0, 0.05) is 22.2 Å². The summed E-state index contributed by atoms with van der Waals surface area (Å²) in [6, 6.07) is 10.7. The molecule has 5 heteroatoms. The highest BCUT2D eigenvalue weighted by Crippen LogP contribution is 2.33. The van der Waals surface area contributed by atoms with Gasteiger partial charge in [-0.1, -0.05) is 47.8 Å². The molecule has 2 aromatic rings. The van der Waals surface area contributed by atoms with Crippen LogP contribution in [0.1, 0.15) is 18.9 Å². The molecular weight excluding hydrogens is 329 g/mol. The molecule has 0 heterocycles. The molecule has 0 bridgehead atoms. The maximum Gasteiger partial charge on any atom is 0.147 e. The van der Waals surface area contributed by atoms with Crippen LogP contribution in [0.2, 0.25) is 15.1 Å². The predicted octanol–water partition coefficient (Wildman–Crippen LogP) is 5.72. The largest absolute Gasteiger partial charge is 0.456 e. The van der Waals surface area contributed by atoms with Crippen molar-refractivity contribution in [1.29, 1.82) is 0 Å². The molecule has 1 atom stereocenters. The van der Waals surface area contributed by atoms with E-state index in [1.54, 1.807) is 24.3 Å². The van der Waals surface area contributed by atoms with Gasteiger partial charge < -0.3 is 10.5 Å². The van der Waals surface area contributed by atoms with E-state index in [9.17, 15) is 0 Å².